The summed E-state index contributed by atoms with van der Waals surface area (Å²) in [6.45, 7) is 16.8. The van der Waals surface area contributed by atoms with Crippen LogP contribution in [0.5, 0.6) is 0 Å². The molecule has 2 aliphatic rings. The number of hydrogen-bond acceptors (Lipinski definition) is 15. The van der Waals surface area contributed by atoms with Crippen molar-refractivity contribution in [3.8, 4) is 0 Å². The Labute approximate surface area is 526 Å². The van der Waals surface area contributed by atoms with E-state index in [9.17, 15) is 51.6 Å². The number of methoxy groups -OCH3 is 2. The van der Waals surface area contributed by atoms with Crippen LogP contribution in [0.25, 0.3) is 0 Å². The second-order valence-electron chi connectivity index (χ2n) is 24.8. The Balaban J connectivity index is 1.42. The van der Waals surface area contributed by atoms with Crippen molar-refractivity contribution in [2.75, 3.05) is 46.7 Å². The first kappa shape index (κ1) is 74.6. The normalized spacial score (nSPS) is 17.6. The topological polar surface area (TPSA) is 349 Å². The van der Waals surface area contributed by atoms with E-state index in [0.29, 0.717) is 87.7 Å². The van der Waals surface area contributed by atoms with E-state index in [1.807, 2.05) is 13.8 Å². The van der Waals surface area contributed by atoms with Crippen LogP contribution in [0.4, 0.5) is 15.3 Å². The number of unbranched alkanes of at least 4 members (excludes halogenated alkanes) is 2. The van der Waals surface area contributed by atoms with Crippen LogP contribution in [0.15, 0.2) is 54.6 Å². The predicted octanol–water partition coefficient (Wildman–Crippen LogP) is 4.31. The molecule has 11 atom stereocenters. The van der Waals surface area contributed by atoms with Gasteiger partial charge in [-0.25, -0.2) is 18.0 Å². The zero-order chi connectivity index (χ0) is 66.4. The maximum Gasteiger partial charge on any atom is 0.410 e. The second-order valence-corrected chi connectivity index (χ2v) is 26.8. The molecule has 89 heavy (non-hydrogen) atoms. The van der Waals surface area contributed by atoms with Crippen molar-refractivity contribution in [2.45, 2.75) is 199 Å². The minimum absolute atomic E-state index is 0.0277. The molecular weight excluding hydrogens is 1170 g/mol. The number of nitrogens with one attached hydrogen (secondary N) is 6. The Morgan fingerprint density at radius 1 is 0.708 bits per heavy atom. The van der Waals surface area contributed by atoms with Crippen LogP contribution in [-0.2, 0) is 70.8 Å². The van der Waals surface area contributed by atoms with E-state index >= 15 is 0 Å². The summed E-state index contributed by atoms with van der Waals surface area (Å²) >= 11 is 0. The average molecular weight is 1270 g/mol. The highest BCUT2D eigenvalue weighted by molar-refractivity contribution is 7.90. The molecule has 498 valence electrons. The van der Waals surface area contributed by atoms with Gasteiger partial charge >= 0.3 is 12.1 Å². The van der Waals surface area contributed by atoms with Crippen molar-refractivity contribution in [1.29, 1.82) is 0 Å². The van der Waals surface area contributed by atoms with Gasteiger partial charge in [0.15, 0.2) is 0 Å². The zero-order valence-electron chi connectivity index (χ0n) is 54.4. The molecule has 1 saturated carbocycles. The molecule has 1 aliphatic heterocycles. The molecule has 0 spiro atoms. The quantitative estimate of drug-likeness (QED) is 0.0441. The van der Waals surface area contributed by atoms with E-state index in [2.05, 4.69) is 31.3 Å². The lowest BCUT2D eigenvalue weighted by Crippen LogP contribution is -2.60. The lowest BCUT2D eigenvalue weighted by atomic mass is 9.89. The highest BCUT2D eigenvalue weighted by atomic mass is 32.2. The fourth-order valence-electron chi connectivity index (χ4n) is 11.2. The Morgan fingerprint density at radius 2 is 1.35 bits per heavy atom. The van der Waals surface area contributed by atoms with Crippen LogP contribution < -0.4 is 42.8 Å². The van der Waals surface area contributed by atoms with E-state index in [-0.39, 0.29) is 37.2 Å². The fourth-order valence-corrected chi connectivity index (χ4v) is 12.6. The Hall–Kier alpha value is -6.90. The first-order valence-electron chi connectivity index (χ1n) is 31.2. The van der Waals surface area contributed by atoms with Crippen molar-refractivity contribution in [2.24, 2.45) is 41.1 Å². The van der Waals surface area contributed by atoms with Crippen LogP contribution in [0, 0.1) is 29.6 Å². The molecule has 0 aromatic heterocycles. The zero-order valence-corrected chi connectivity index (χ0v) is 55.2. The Bertz CT molecular complexity index is 2790. The maximum absolute atomic E-state index is 14.8. The number of ether oxygens (including phenoxy) is 3. The molecule has 0 unspecified atom stereocenters. The second kappa shape index (κ2) is 35.5. The summed E-state index contributed by atoms with van der Waals surface area (Å²) in [4.78, 5) is 127. The fraction of sp³-hybridized carbons (Fsp3) is 0.667. The highest BCUT2D eigenvalue weighted by Crippen LogP contribution is 2.31. The largest absolute Gasteiger partial charge is 0.445 e. The van der Waals surface area contributed by atoms with Gasteiger partial charge in [0, 0.05) is 53.5 Å². The number of benzene rings is 2. The summed E-state index contributed by atoms with van der Waals surface area (Å²) in [7, 11) is 2.06. The summed E-state index contributed by atoms with van der Waals surface area (Å²) in [6, 6.07) is 8.54. The molecule has 2 aromatic rings. The van der Waals surface area contributed by atoms with Crippen molar-refractivity contribution < 1.29 is 65.8 Å². The van der Waals surface area contributed by atoms with Crippen LogP contribution in [0.2, 0.25) is 0 Å². The van der Waals surface area contributed by atoms with Gasteiger partial charge in [-0.05, 0) is 85.5 Å². The summed E-state index contributed by atoms with van der Waals surface area (Å²) in [5.41, 5.74) is 12.9. The molecule has 0 bridgehead atoms. The summed E-state index contributed by atoms with van der Waals surface area (Å²) in [5.74, 6) is -5.79. The van der Waals surface area contributed by atoms with Gasteiger partial charge < -0.3 is 62.1 Å². The van der Waals surface area contributed by atoms with E-state index in [1.54, 1.807) is 115 Å². The summed E-state index contributed by atoms with van der Waals surface area (Å²) in [6.07, 6.45) is 2.19. The average Bonchev–Trinajstić information content (AvgIpc) is 2.05. The van der Waals surface area contributed by atoms with Crippen LogP contribution in [0.1, 0.15) is 138 Å². The number of rotatable bonds is 36. The maximum atomic E-state index is 14.8. The monoisotopic (exact) mass is 1270 g/mol. The minimum atomic E-state index is -3.92. The molecular formula is C63H101N11O14S. The van der Waals surface area contributed by atoms with Crippen molar-refractivity contribution >= 4 is 69.2 Å². The van der Waals surface area contributed by atoms with E-state index in [4.69, 9.17) is 25.7 Å². The van der Waals surface area contributed by atoms with Crippen molar-refractivity contribution in [3.05, 3.63) is 65.7 Å². The van der Waals surface area contributed by atoms with Crippen LogP contribution in [-0.4, -0.2) is 178 Å². The Morgan fingerprint density at radius 3 is 1.91 bits per heavy atom. The number of nitrogens with two attached hydrogens (primary N) is 2. The van der Waals surface area contributed by atoms with Gasteiger partial charge in [0.2, 0.25) is 45.5 Å². The van der Waals surface area contributed by atoms with Gasteiger partial charge in [-0.1, -0.05) is 124 Å². The van der Waals surface area contributed by atoms with Gasteiger partial charge in [0.25, 0.3) is 5.91 Å². The van der Waals surface area contributed by atoms with Crippen molar-refractivity contribution in [3.63, 3.8) is 0 Å². The number of hydrogen-bond donors (Lipinski definition) is 8. The molecule has 1 aliphatic carbocycles. The molecule has 26 heteroatoms. The van der Waals surface area contributed by atoms with Crippen molar-refractivity contribution in [1.82, 2.24) is 40.7 Å². The SMILES string of the molecule is CC[C@H](C)[C@@H]([C@@H](CC(=O)N1CCC[C@H]1[C@H](OC)[C@@H](C)C(=O)N[C@@H](Cc1ccccc1)C(=O)NS(=O)(=O)C1CC1)OC)N(C)C(=O)[C@@H](NC(=O)[C@H](C(C)C)N(C)C(=O)OCc1ccc(NC(=O)[C@H](CCCCCNC(N)=O)NC(=O)[C@@H](N)C(C)C)cc1)C(C)C. The Kier molecular flexibility index (Phi) is 29.7. The molecule has 2 fully saturated rings. The number of amides is 10. The van der Waals surface area contributed by atoms with Gasteiger partial charge in [-0.2, -0.15) is 0 Å². The van der Waals surface area contributed by atoms with Crippen LogP contribution in [0.3, 0.4) is 0 Å². The minimum Gasteiger partial charge on any atom is -0.445 e. The molecule has 1 heterocycles. The van der Waals surface area contributed by atoms with Gasteiger partial charge in [-0.3, -0.25) is 43.2 Å². The molecule has 0 radical (unpaired) electrons. The standard InChI is InChI=1S/C63H101N11O14S/c1-14-40(8)54(49(86-12)35-50(75)74-33-21-25-48(74)55(87-13)41(9)56(76)69-47(34-42-22-17-15-18-23-42)58(78)71-89(84,85)45-30-31-45)72(10)61(81)52(38(4)5)70-60(80)53(39(6)7)73(11)63(83)88-36-43-26-28-44(29-27-43)67-57(77)46(68-59(79)51(64)37(2)3)24-19-16-20-32-66-62(65)82/h15,17-18,22-23,26-29,37-41,45-49,51-55H,14,16,19-21,24-25,30-36,64H2,1-13H3,(H,67,77)(H,68,79)(H,69,76)(H,70,80)(H,71,78)(H3,65,66,82)/t40-,41+,46-,47-,48-,49+,51-,52-,53-,54-,55+/m0/s1. The number of primary amides is 1. The number of nitrogens with zero attached hydrogens (tertiary/aromatic N) is 3. The predicted molar refractivity (Wildman–Crippen MR) is 337 cm³/mol. The van der Waals surface area contributed by atoms with E-state index in [0.717, 1.165) is 0 Å². The van der Waals surface area contributed by atoms with E-state index in [1.165, 1.54) is 31.1 Å². The first-order valence-corrected chi connectivity index (χ1v) is 32.7. The smallest absolute Gasteiger partial charge is 0.410 e. The lowest BCUT2D eigenvalue weighted by molar-refractivity contribution is -0.148. The number of anilines is 1. The number of likely N-dealkylation sites (tertiary alicyclic amines) is 1. The molecule has 2 aromatic carbocycles. The van der Waals surface area contributed by atoms with Gasteiger partial charge in [0.1, 0.15) is 30.8 Å². The molecule has 25 nitrogen and oxygen atoms in total. The van der Waals surface area contributed by atoms with Gasteiger partial charge in [-0.15, -0.1) is 0 Å². The summed E-state index contributed by atoms with van der Waals surface area (Å²) in [5, 5.41) is 13.2. The highest BCUT2D eigenvalue weighted by Gasteiger charge is 2.45. The van der Waals surface area contributed by atoms with Crippen LogP contribution >= 0.6 is 0 Å². The molecule has 1 saturated heterocycles. The third kappa shape index (κ3) is 22.2. The third-order valence-corrected chi connectivity index (χ3v) is 18.8. The molecule has 10 N–H and O–H groups in total. The van der Waals surface area contributed by atoms with Gasteiger partial charge in [0.05, 0.1) is 47.9 Å². The number of carbonyl (C=O) groups excluding carboxylic acids is 9. The summed E-state index contributed by atoms with van der Waals surface area (Å²) < 4.78 is 45.5. The number of likely N-dealkylation sites (N-methyl/N-ethyl adjacent to an activating group) is 2. The number of carbonyl (C=O) groups is 9. The molecule has 10 amide bonds. The number of sulfonamides is 1. The van der Waals surface area contributed by atoms with E-state index < -0.39 is 135 Å². The molecule has 4 rings (SSSR count). The third-order valence-electron chi connectivity index (χ3n) is 16.9. The first-order chi connectivity index (χ1) is 42.0. The number of urea groups is 1. The lowest BCUT2D eigenvalue weighted by Gasteiger charge is -2.41.